The number of anilines is 1. The Kier molecular flexibility index (Phi) is 2.57. The lowest BCUT2D eigenvalue weighted by atomic mass is 9.96. The van der Waals surface area contributed by atoms with Gasteiger partial charge in [0.05, 0.1) is 0 Å². The highest BCUT2D eigenvalue weighted by molar-refractivity contribution is 5.83. The van der Waals surface area contributed by atoms with Gasteiger partial charge in [-0.25, -0.2) is 0 Å². The number of nitrogens with two attached hydrogens (primary N) is 1. The zero-order valence-electron chi connectivity index (χ0n) is 8.22. The minimum absolute atomic E-state index is 0.771. The van der Waals surface area contributed by atoms with Crippen LogP contribution in [0.2, 0.25) is 0 Å². The Hall–Kier alpha value is -1.50. The molecule has 1 aromatic carbocycles. The molecule has 0 spiro atoms. The molecule has 68 valence electrons. The van der Waals surface area contributed by atoms with Gasteiger partial charge in [0.25, 0.3) is 0 Å². The second kappa shape index (κ2) is 3.48. The van der Waals surface area contributed by atoms with Gasteiger partial charge in [-0.15, -0.1) is 0 Å². The molecule has 1 aromatic rings. The van der Waals surface area contributed by atoms with Crippen molar-refractivity contribution in [2.75, 3.05) is 5.73 Å². The van der Waals surface area contributed by atoms with Gasteiger partial charge in [0.2, 0.25) is 0 Å². The monoisotopic (exact) mass is 173 g/mol. The van der Waals surface area contributed by atoms with E-state index in [1.165, 1.54) is 0 Å². The summed E-state index contributed by atoms with van der Waals surface area (Å²) in [7, 11) is 0. The highest BCUT2D eigenvalue weighted by atomic mass is 14.6. The fourth-order valence-electron chi connectivity index (χ4n) is 1.40. The lowest BCUT2D eigenvalue weighted by molar-refractivity contribution is 1.50. The van der Waals surface area contributed by atoms with Gasteiger partial charge >= 0.3 is 0 Å². The van der Waals surface area contributed by atoms with Gasteiger partial charge in [-0.3, -0.25) is 0 Å². The third-order valence-corrected chi connectivity index (χ3v) is 1.98. The minimum atomic E-state index is 0.771. The van der Waals surface area contributed by atoms with Crippen LogP contribution in [0.1, 0.15) is 25.0 Å². The number of allylic oxidation sites excluding steroid dienone is 2. The molecule has 1 heteroatoms. The first-order valence-electron chi connectivity index (χ1n) is 4.24. The first-order chi connectivity index (χ1) is 6.04. The molecule has 0 aliphatic heterocycles. The molecule has 0 saturated heterocycles. The molecule has 0 aromatic heterocycles. The molecular weight excluding hydrogens is 158 g/mol. The average molecular weight is 173 g/mol. The summed E-state index contributed by atoms with van der Waals surface area (Å²) in [6, 6.07) is 5.84. The minimum Gasteiger partial charge on any atom is -0.398 e. The first-order valence-corrected chi connectivity index (χ1v) is 4.24. The summed E-state index contributed by atoms with van der Waals surface area (Å²) in [5.41, 5.74) is 10.7. The van der Waals surface area contributed by atoms with Crippen molar-refractivity contribution in [2.45, 2.75) is 13.8 Å². The van der Waals surface area contributed by atoms with Crippen molar-refractivity contribution in [1.29, 1.82) is 0 Å². The van der Waals surface area contributed by atoms with E-state index in [9.17, 15) is 0 Å². The Morgan fingerprint density at radius 1 is 1.15 bits per heavy atom. The number of nitrogen functional groups attached to an aromatic ring is 1. The average Bonchev–Trinajstić information content (AvgIpc) is 2.02. The van der Waals surface area contributed by atoms with Crippen molar-refractivity contribution in [3.05, 3.63) is 42.5 Å². The molecule has 0 fully saturated rings. The van der Waals surface area contributed by atoms with E-state index in [0.717, 1.165) is 28.0 Å². The first kappa shape index (κ1) is 9.59. The summed E-state index contributed by atoms with van der Waals surface area (Å²) in [4.78, 5) is 0. The van der Waals surface area contributed by atoms with E-state index in [1.54, 1.807) is 0 Å². The lowest BCUT2D eigenvalue weighted by Crippen LogP contribution is -1.95. The van der Waals surface area contributed by atoms with Crippen molar-refractivity contribution in [1.82, 2.24) is 0 Å². The maximum atomic E-state index is 5.86. The third-order valence-electron chi connectivity index (χ3n) is 1.98. The number of benzene rings is 1. The van der Waals surface area contributed by atoms with E-state index < -0.39 is 0 Å². The Balaban J connectivity index is 3.43. The zero-order chi connectivity index (χ0) is 10.0. The van der Waals surface area contributed by atoms with Gasteiger partial charge in [0, 0.05) is 11.3 Å². The fraction of sp³-hybridized carbons (Fsp3) is 0.167. The van der Waals surface area contributed by atoms with Crippen LogP contribution in [-0.4, -0.2) is 0 Å². The SMILES string of the molecule is C=C(C)c1cccc(N)c1C(=C)C. The van der Waals surface area contributed by atoms with E-state index in [0.29, 0.717) is 0 Å². The van der Waals surface area contributed by atoms with Crippen LogP contribution in [0.5, 0.6) is 0 Å². The summed E-state index contributed by atoms with van der Waals surface area (Å²) in [6.45, 7) is 11.8. The van der Waals surface area contributed by atoms with Gasteiger partial charge in [0.15, 0.2) is 0 Å². The van der Waals surface area contributed by atoms with Crippen molar-refractivity contribution >= 4 is 16.8 Å². The normalized spacial score (nSPS) is 9.69. The molecular formula is C12H15N. The molecule has 0 atom stereocenters. The molecule has 0 bridgehead atoms. The molecule has 0 heterocycles. The predicted molar refractivity (Wildman–Crippen MR) is 60.3 cm³/mol. The molecule has 1 nitrogen and oxygen atoms in total. The van der Waals surface area contributed by atoms with Crippen LogP contribution in [0, 0.1) is 0 Å². The Labute approximate surface area is 79.6 Å². The van der Waals surface area contributed by atoms with E-state index >= 15 is 0 Å². The summed E-state index contributed by atoms with van der Waals surface area (Å²) >= 11 is 0. The molecule has 0 aliphatic rings. The molecule has 0 aliphatic carbocycles. The Morgan fingerprint density at radius 3 is 2.15 bits per heavy atom. The van der Waals surface area contributed by atoms with Crippen LogP contribution < -0.4 is 5.73 Å². The van der Waals surface area contributed by atoms with Crippen molar-refractivity contribution in [2.24, 2.45) is 0 Å². The van der Waals surface area contributed by atoms with Crippen LogP contribution >= 0.6 is 0 Å². The van der Waals surface area contributed by atoms with E-state index in [2.05, 4.69) is 13.2 Å². The van der Waals surface area contributed by atoms with Gasteiger partial charge in [-0.2, -0.15) is 0 Å². The Morgan fingerprint density at radius 2 is 1.77 bits per heavy atom. The maximum Gasteiger partial charge on any atom is 0.0396 e. The standard InChI is InChI=1S/C12H15N/c1-8(2)10-6-5-7-11(13)12(10)9(3)4/h5-7H,1,3,13H2,2,4H3. The second-order valence-corrected chi connectivity index (χ2v) is 3.33. The lowest BCUT2D eigenvalue weighted by Gasteiger charge is -2.11. The van der Waals surface area contributed by atoms with Gasteiger partial charge in [-0.1, -0.05) is 30.9 Å². The van der Waals surface area contributed by atoms with Crippen LogP contribution in [0.15, 0.2) is 31.4 Å². The van der Waals surface area contributed by atoms with Crippen molar-refractivity contribution in [3.8, 4) is 0 Å². The molecule has 1 rings (SSSR count). The van der Waals surface area contributed by atoms with E-state index in [1.807, 2.05) is 32.0 Å². The van der Waals surface area contributed by atoms with E-state index in [-0.39, 0.29) is 0 Å². The topological polar surface area (TPSA) is 26.0 Å². The van der Waals surface area contributed by atoms with Crippen LogP contribution in [0.3, 0.4) is 0 Å². The zero-order valence-corrected chi connectivity index (χ0v) is 8.22. The molecule has 0 unspecified atom stereocenters. The van der Waals surface area contributed by atoms with Crippen LogP contribution in [0.4, 0.5) is 5.69 Å². The maximum absolute atomic E-state index is 5.86. The van der Waals surface area contributed by atoms with Crippen LogP contribution in [0.25, 0.3) is 11.1 Å². The Bertz CT molecular complexity index is 361. The molecule has 0 radical (unpaired) electrons. The van der Waals surface area contributed by atoms with E-state index in [4.69, 9.17) is 5.73 Å². The summed E-state index contributed by atoms with van der Waals surface area (Å²) in [5.74, 6) is 0. The molecule has 2 N–H and O–H groups in total. The summed E-state index contributed by atoms with van der Waals surface area (Å²) in [5, 5.41) is 0. The van der Waals surface area contributed by atoms with Crippen molar-refractivity contribution in [3.63, 3.8) is 0 Å². The quantitative estimate of drug-likeness (QED) is 0.682. The smallest absolute Gasteiger partial charge is 0.0396 e. The molecule has 0 saturated carbocycles. The van der Waals surface area contributed by atoms with Gasteiger partial charge < -0.3 is 5.73 Å². The summed E-state index contributed by atoms with van der Waals surface area (Å²) in [6.07, 6.45) is 0. The second-order valence-electron chi connectivity index (χ2n) is 3.33. The van der Waals surface area contributed by atoms with Gasteiger partial charge in [-0.05, 0) is 31.1 Å². The highest BCUT2D eigenvalue weighted by Crippen LogP contribution is 2.28. The molecule has 13 heavy (non-hydrogen) atoms. The number of hydrogen-bond acceptors (Lipinski definition) is 1. The number of rotatable bonds is 2. The molecule has 0 amide bonds. The van der Waals surface area contributed by atoms with Gasteiger partial charge in [0.1, 0.15) is 0 Å². The predicted octanol–water partition coefficient (Wildman–Crippen LogP) is 3.34. The largest absolute Gasteiger partial charge is 0.398 e. The fourth-order valence-corrected chi connectivity index (χ4v) is 1.40. The van der Waals surface area contributed by atoms with Crippen molar-refractivity contribution < 1.29 is 0 Å². The third kappa shape index (κ3) is 1.81. The summed E-state index contributed by atoms with van der Waals surface area (Å²) < 4.78 is 0. The number of hydrogen-bond donors (Lipinski definition) is 1. The van der Waals surface area contributed by atoms with Crippen LogP contribution in [-0.2, 0) is 0 Å². The highest BCUT2D eigenvalue weighted by Gasteiger charge is 2.06.